The number of para-hydroxylation sites is 1. The minimum atomic E-state index is -0.0864. The van der Waals surface area contributed by atoms with E-state index in [4.69, 9.17) is 5.73 Å². The second-order valence-corrected chi connectivity index (χ2v) is 5.15. The van der Waals surface area contributed by atoms with Gasteiger partial charge >= 0.3 is 0 Å². The third-order valence-electron chi connectivity index (χ3n) is 3.78. The van der Waals surface area contributed by atoms with Crippen LogP contribution < -0.4 is 10.6 Å². The van der Waals surface area contributed by atoms with Crippen molar-refractivity contribution in [3.05, 3.63) is 53.7 Å². The minimum Gasteiger partial charge on any atom is -0.384 e. The summed E-state index contributed by atoms with van der Waals surface area (Å²) in [6, 6.07) is 13.2. The fraction of sp³-hybridized carbons (Fsp3) is 0.250. The van der Waals surface area contributed by atoms with Gasteiger partial charge in [0.2, 0.25) is 0 Å². The number of amides is 1. The van der Waals surface area contributed by atoms with Crippen molar-refractivity contribution in [2.75, 3.05) is 17.2 Å². The molecule has 1 aliphatic heterocycles. The fourth-order valence-electron chi connectivity index (χ4n) is 2.67. The van der Waals surface area contributed by atoms with Gasteiger partial charge in [0.05, 0.1) is 0 Å². The maximum absolute atomic E-state index is 12.6. The molecule has 1 amide bonds. The van der Waals surface area contributed by atoms with Crippen molar-refractivity contribution < 1.29 is 4.79 Å². The number of benzene rings is 1. The quantitative estimate of drug-likeness (QED) is 0.880. The first-order valence-corrected chi connectivity index (χ1v) is 6.80. The molecule has 1 atom stereocenters. The molecule has 21 heavy (non-hydrogen) atoms. The third kappa shape index (κ3) is 2.85. The number of aromatic nitrogens is 1. The Morgan fingerprint density at radius 3 is 2.76 bits per heavy atom. The molecule has 0 spiro atoms. The van der Waals surface area contributed by atoms with E-state index >= 15 is 0 Å². The number of hydrogen-bond acceptors (Lipinski definition) is 3. The second-order valence-electron chi connectivity index (χ2n) is 5.15. The van der Waals surface area contributed by atoms with Crippen LogP contribution in [0.15, 0.2) is 42.5 Å². The smallest absolute Gasteiger partial charge is 0.276 e. The van der Waals surface area contributed by atoms with Crippen LogP contribution in [-0.2, 0) is 0 Å². The van der Waals surface area contributed by atoms with Crippen molar-refractivity contribution in [2.45, 2.75) is 19.3 Å². The first-order chi connectivity index (χ1) is 9.66. The summed E-state index contributed by atoms with van der Waals surface area (Å²) in [5.41, 5.74) is 8.26. The van der Waals surface area contributed by atoms with Crippen LogP contribution in [0.2, 0.25) is 0 Å². The number of fused-ring (bicyclic) bond motifs is 1. The van der Waals surface area contributed by atoms with Gasteiger partial charge in [-0.25, -0.2) is 4.98 Å². The van der Waals surface area contributed by atoms with E-state index in [0.717, 1.165) is 12.1 Å². The SMILES string of the molecule is CC1CCN(C(=O)c2cccc(N)n2)c2ccccc21.Cl. The van der Waals surface area contributed by atoms with Crippen molar-refractivity contribution in [3.8, 4) is 0 Å². The van der Waals surface area contributed by atoms with Gasteiger partial charge < -0.3 is 10.6 Å². The number of anilines is 2. The Morgan fingerprint density at radius 1 is 1.24 bits per heavy atom. The summed E-state index contributed by atoms with van der Waals surface area (Å²) in [6.07, 6.45) is 0.963. The van der Waals surface area contributed by atoms with Crippen LogP contribution in [0, 0.1) is 0 Å². The Hall–Kier alpha value is -2.07. The number of carbonyl (C=O) groups excluding carboxylic acids is 1. The zero-order chi connectivity index (χ0) is 14.1. The molecular weight excluding hydrogens is 286 g/mol. The van der Waals surface area contributed by atoms with Crippen molar-refractivity contribution in [1.29, 1.82) is 0 Å². The van der Waals surface area contributed by atoms with Crippen LogP contribution in [0.25, 0.3) is 0 Å². The van der Waals surface area contributed by atoms with Gasteiger partial charge in [0.1, 0.15) is 11.5 Å². The molecule has 1 aromatic carbocycles. The number of rotatable bonds is 1. The highest BCUT2D eigenvalue weighted by atomic mass is 35.5. The molecule has 1 aliphatic rings. The molecule has 0 bridgehead atoms. The molecule has 2 heterocycles. The van der Waals surface area contributed by atoms with Crippen LogP contribution in [0.4, 0.5) is 11.5 Å². The zero-order valence-electron chi connectivity index (χ0n) is 11.8. The van der Waals surface area contributed by atoms with Crippen LogP contribution in [-0.4, -0.2) is 17.4 Å². The Labute approximate surface area is 130 Å². The predicted octanol–water partition coefficient (Wildman–Crippen LogP) is 3.24. The van der Waals surface area contributed by atoms with Gasteiger partial charge in [-0.3, -0.25) is 4.79 Å². The number of carbonyl (C=O) groups is 1. The van der Waals surface area contributed by atoms with Crippen LogP contribution in [0.3, 0.4) is 0 Å². The number of hydrogen-bond donors (Lipinski definition) is 1. The first kappa shape index (κ1) is 15.3. The molecule has 4 nitrogen and oxygen atoms in total. The Kier molecular flexibility index (Phi) is 4.48. The Morgan fingerprint density at radius 2 is 2.00 bits per heavy atom. The largest absolute Gasteiger partial charge is 0.384 e. The number of nitrogens with two attached hydrogens (primary N) is 1. The fourth-order valence-corrected chi connectivity index (χ4v) is 2.67. The molecule has 110 valence electrons. The summed E-state index contributed by atoms with van der Waals surface area (Å²) in [5.74, 6) is 0.759. The average Bonchev–Trinajstić information content (AvgIpc) is 2.47. The van der Waals surface area contributed by atoms with Crippen LogP contribution in [0.1, 0.15) is 35.3 Å². The monoisotopic (exact) mass is 303 g/mol. The highest BCUT2D eigenvalue weighted by Gasteiger charge is 2.27. The van der Waals surface area contributed by atoms with Crippen LogP contribution >= 0.6 is 12.4 Å². The molecule has 0 saturated heterocycles. The molecule has 2 aromatic rings. The standard InChI is InChI=1S/C16H17N3O.ClH/c1-11-9-10-19(14-7-3-2-5-12(11)14)16(20)13-6-4-8-15(17)18-13;/h2-8,11H,9-10H2,1H3,(H2,17,18);1H. The summed E-state index contributed by atoms with van der Waals surface area (Å²) in [5, 5.41) is 0. The topological polar surface area (TPSA) is 59.2 Å². The number of nitrogens with zero attached hydrogens (tertiary/aromatic N) is 2. The molecule has 3 rings (SSSR count). The molecule has 1 aromatic heterocycles. The highest BCUT2D eigenvalue weighted by molar-refractivity contribution is 6.05. The molecule has 2 N–H and O–H groups in total. The lowest BCUT2D eigenvalue weighted by atomic mass is 9.91. The number of halogens is 1. The second kappa shape index (κ2) is 6.14. The predicted molar refractivity (Wildman–Crippen MR) is 87.0 cm³/mol. The van der Waals surface area contributed by atoms with Crippen molar-refractivity contribution in [3.63, 3.8) is 0 Å². The Bertz CT molecular complexity index is 659. The summed E-state index contributed by atoms with van der Waals surface area (Å²) >= 11 is 0. The molecule has 5 heteroatoms. The minimum absolute atomic E-state index is 0. The van der Waals surface area contributed by atoms with Gasteiger partial charge in [-0.15, -0.1) is 12.4 Å². The van der Waals surface area contributed by atoms with Crippen molar-refractivity contribution >= 4 is 29.8 Å². The molecule has 1 unspecified atom stereocenters. The van der Waals surface area contributed by atoms with Gasteiger partial charge in [-0.2, -0.15) is 0 Å². The lowest BCUT2D eigenvalue weighted by Gasteiger charge is -2.32. The maximum Gasteiger partial charge on any atom is 0.276 e. The maximum atomic E-state index is 12.6. The average molecular weight is 304 g/mol. The van der Waals surface area contributed by atoms with E-state index in [1.54, 1.807) is 23.1 Å². The van der Waals surface area contributed by atoms with E-state index in [1.807, 2.05) is 18.2 Å². The third-order valence-corrected chi connectivity index (χ3v) is 3.78. The van der Waals surface area contributed by atoms with Crippen molar-refractivity contribution in [2.24, 2.45) is 0 Å². The van der Waals surface area contributed by atoms with E-state index in [2.05, 4.69) is 18.0 Å². The van der Waals surface area contributed by atoms with E-state index in [1.165, 1.54) is 5.56 Å². The van der Waals surface area contributed by atoms with Gasteiger partial charge in [0, 0.05) is 12.2 Å². The van der Waals surface area contributed by atoms with E-state index < -0.39 is 0 Å². The van der Waals surface area contributed by atoms with Gasteiger partial charge in [-0.05, 0) is 36.1 Å². The molecule has 0 radical (unpaired) electrons. The number of nitrogen functional groups attached to an aromatic ring is 1. The zero-order valence-corrected chi connectivity index (χ0v) is 12.6. The number of pyridine rings is 1. The molecule has 0 fully saturated rings. The van der Waals surface area contributed by atoms with E-state index in [0.29, 0.717) is 24.0 Å². The van der Waals surface area contributed by atoms with E-state index in [9.17, 15) is 4.79 Å². The van der Waals surface area contributed by atoms with Gasteiger partial charge in [0.15, 0.2) is 0 Å². The summed E-state index contributed by atoms with van der Waals surface area (Å²) in [7, 11) is 0. The van der Waals surface area contributed by atoms with Gasteiger partial charge in [-0.1, -0.05) is 31.2 Å². The molecule has 0 aliphatic carbocycles. The molecular formula is C16H18ClN3O. The summed E-state index contributed by atoms with van der Waals surface area (Å²) < 4.78 is 0. The van der Waals surface area contributed by atoms with E-state index in [-0.39, 0.29) is 18.3 Å². The van der Waals surface area contributed by atoms with Crippen molar-refractivity contribution in [1.82, 2.24) is 4.98 Å². The molecule has 0 saturated carbocycles. The van der Waals surface area contributed by atoms with Crippen LogP contribution in [0.5, 0.6) is 0 Å². The lowest BCUT2D eigenvalue weighted by Crippen LogP contribution is -2.36. The normalized spacial score (nSPS) is 16.8. The summed E-state index contributed by atoms with van der Waals surface area (Å²) in [6.45, 7) is 2.91. The van der Waals surface area contributed by atoms with Gasteiger partial charge in [0.25, 0.3) is 5.91 Å². The first-order valence-electron chi connectivity index (χ1n) is 6.80. The summed E-state index contributed by atoms with van der Waals surface area (Å²) in [4.78, 5) is 18.6. The highest BCUT2D eigenvalue weighted by Crippen LogP contribution is 2.35. The Balaban J connectivity index is 0.00000161. The lowest BCUT2D eigenvalue weighted by molar-refractivity contribution is 0.0979.